The van der Waals surface area contributed by atoms with E-state index >= 15 is 0 Å². The first-order chi connectivity index (χ1) is 7.55. The minimum atomic E-state index is -0.256. The number of amides is 1. The van der Waals surface area contributed by atoms with E-state index in [9.17, 15) is 4.79 Å². The normalized spacial score (nSPS) is 19.2. The predicted molar refractivity (Wildman–Crippen MR) is 71.2 cm³/mol. The quantitative estimate of drug-likeness (QED) is 0.731. The third kappa shape index (κ3) is 2.40. The van der Waals surface area contributed by atoms with Gasteiger partial charge in [0.05, 0.1) is 5.54 Å². The van der Waals surface area contributed by atoms with Gasteiger partial charge in [-0.3, -0.25) is 4.79 Å². The average molecular weight is 333 g/mol. The monoisotopic (exact) mass is 333 g/mol. The fourth-order valence-electron chi connectivity index (χ4n) is 1.87. The van der Waals surface area contributed by atoms with Crippen molar-refractivity contribution in [2.24, 2.45) is 11.7 Å². The maximum absolute atomic E-state index is 12.0. The van der Waals surface area contributed by atoms with Crippen LogP contribution in [0.2, 0.25) is 0 Å². The summed E-state index contributed by atoms with van der Waals surface area (Å²) < 4.78 is 1.03. The SMILES string of the molecule is CC(CN)(NC(=O)c1cc(I)c[nH]1)C1CC1. The minimum Gasteiger partial charge on any atom is -0.356 e. The molecule has 0 aromatic carbocycles. The molecule has 0 radical (unpaired) electrons. The zero-order valence-electron chi connectivity index (χ0n) is 9.22. The van der Waals surface area contributed by atoms with Crippen LogP contribution >= 0.6 is 22.6 Å². The highest BCUT2D eigenvalue weighted by atomic mass is 127. The Balaban J connectivity index is 2.06. The molecule has 4 nitrogen and oxygen atoms in total. The second kappa shape index (κ2) is 4.37. The molecule has 0 spiro atoms. The van der Waals surface area contributed by atoms with Crippen LogP contribution in [-0.2, 0) is 0 Å². The molecule has 0 saturated heterocycles. The lowest BCUT2D eigenvalue weighted by atomic mass is 9.96. The van der Waals surface area contributed by atoms with Gasteiger partial charge in [-0.05, 0) is 54.3 Å². The summed E-state index contributed by atoms with van der Waals surface area (Å²) in [4.78, 5) is 14.9. The van der Waals surface area contributed by atoms with Gasteiger partial charge in [-0.2, -0.15) is 0 Å². The molecule has 4 N–H and O–H groups in total. The van der Waals surface area contributed by atoms with Crippen LogP contribution in [0, 0.1) is 9.49 Å². The number of H-pyrrole nitrogens is 1. The highest BCUT2D eigenvalue weighted by Crippen LogP contribution is 2.39. The second-order valence-corrected chi connectivity index (χ2v) is 5.83. The molecule has 0 bridgehead atoms. The Bertz CT molecular complexity index is 400. The van der Waals surface area contributed by atoms with Gasteiger partial charge < -0.3 is 16.0 Å². The molecule has 2 rings (SSSR count). The lowest BCUT2D eigenvalue weighted by molar-refractivity contribution is 0.0893. The van der Waals surface area contributed by atoms with Crippen LogP contribution in [0.1, 0.15) is 30.3 Å². The molecule has 5 heteroatoms. The molecule has 16 heavy (non-hydrogen) atoms. The van der Waals surface area contributed by atoms with Crippen molar-refractivity contribution in [1.82, 2.24) is 10.3 Å². The van der Waals surface area contributed by atoms with Gasteiger partial charge in [-0.1, -0.05) is 0 Å². The summed E-state index contributed by atoms with van der Waals surface area (Å²) in [5, 5.41) is 3.04. The number of nitrogens with two attached hydrogens (primary N) is 1. The van der Waals surface area contributed by atoms with Gasteiger partial charge in [0.25, 0.3) is 5.91 Å². The number of hydrogen-bond acceptors (Lipinski definition) is 2. The number of nitrogens with one attached hydrogen (secondary N) is 2. The maximum atomic E-state index is 12.0. The topological polar surface area (TPSA) is 70.9 Å². The number of carbonyl (C=O) groups excluding carboxylic acids is 1. The van der Waals surface area contributed by atoms with Crippen molar-refractivity contribution >= 4 is 28.5 Å². The van der Waals surface area contributed by atoms with Gasteiger partial charge >= 0.3 is 0 Å². The summed E-state index contributed by atoms with van der Waals surface area (Å²) in [6.45, 7) is 2.51. The van der Waals surface area contributed by atoms with E-state index in [-0.39, 0.29) is 11.4 Å². The van der Waals surface area contributed by atoms with Crippen molar-refractivity contribution in [1.29, 1.82) is 0 Å². The smallest absolute Gasteiger partial charge is 0.268 e. The fourth-order valence-corrected chi connectivity index (χ4v) is 2.33. The van der Waals surface area contributed by atoms with E-state index in [0.717, 1.165) is 16.4 Å². The van der Waals surface area contributed by atoms with Gasteiger partial charge in [0.15, 0.2) is 0 Å². The first-order valence-electron chi connectivity index (χ1n) is 5.41. The summed E-state index contributed by atoms with van der Waals surface area (Å²) in [6, 6.07) is 1.83. The molecule has 1 fully saturated rings. The van der Waals surface area contributed by atoms with E-state index in [1.165, 1.54) is 0 Å². The maximum Gasteiger partial charge on any atom is 0.268 e. The molecule has 1 aromatic rings. The Morgan fingerprint density at radius 3 is 2.88 bits per heavy atom. The Hall–Kier alpha value is -0.560. The first kappa shape index (κ1) is 11.9. The minimum absolute atomic E-state index is 0.0669. The number of carbonyl (C=O) groups is 1. The summed E-state index contributed by atoms with van der Waals surface area (Å²) in [5.74, 6) is 0.471. The van der Waals surface area contributed by atoms with Gasteiger partial charge in [0, 0.05) is 16.3 Å². The van der Waals surface area contributed by atoms with Crippen LogP contribution in [0.4, 0.5) is 0 Å². The number of hydrogen-bond donors (Lipinski definition) is 3. The molecule has 1 atom stereocenters. The van der Waals surface area contributed by atoms with Crippen LogP contribution in [0.25, 0.3) is 0 Å². The van der Waals surface area contributed by atoms with Crippen LogP contribution in [0.5, 0.6) is 0 Å². The Morgan fingerprint density at radius 1 is 1.75 bits per heavy atom. The molecular formula is C11H16IN3O. The highest BCUT2D eigenvalue weighted by Gasteiger charge is 2.41. The Labute approximate surface area is 109 Å². The van der Waals surface area contributed by atoms with E-state index in [2.05, 4.69) is 32.9 Å². The van der Waals surface area contributed by atoms with Crippen LogP contribution < -0.4 is 11.1 Å². The molecule has 1 aliphatic carbocycles. The van der Waals surface area contributed by atoms with Crippen LogP contribution in [0.15, 0.2) is 12.3 Å². The first-order valence-corrected chi connectivity index (χ1v) is 6.49. The third-order valence-electron chi connectivity index (χ3n) is 3.19. The second-order valence-electron chi connectivity index (χ2n) is 4.58. The standard InChI is InChI=1S/C11H16IN3O/c1-11(6-13,7-2-3-7)15-10(16)9-4-8(12)5-14-9/h4-5,7,14H,2-3,6,13H2,1H3,(H,15,16). The number of halogens is 1. The van der Waals surface area contributed by atoms with Crippen molar-refractivity contribution in [2.45, 2.75) is 25.3 Å². The fraction of sp³-hybridized carbons (Fsp3) is 0.545. The number of rotatable bonds is 4. The average Bonchev–Trinajstić information content (AvgIpc) is 3.02. The molecular weight excluding hydrogens is 317 g/mol. The highest BCUT2D eigenvalue weighted by molar-refractivity contribution is 14.1. The lowest BCUT2D eigenvalue weighted by Crippen LogP contribution is -2.53. The molecule has 88 valence electrons. The van der Waals surface area contributed by atoms with Crippen LogP contribution in [0.3, 0.4) is 0 Å². The predicted octanol–water partition coefficient (Wildman–Crippen LogP) is 1.48. The largest absolute Gasteiger partial charge is 0.356 e. The van der Waals surface area contributed by atoms with Gasteiger partial charge in [0.2, 0.25) is 0 Å². The lowest BCUT2D eigenvalue weighted by Gasteiger charge is -2.29. The molecule has 1 aliphatic rings. The van der Waals surface area contributed by atoms with Crippen molar-refractivity contribution in [3.63, 3.8) is 0 Å². The van der Waals surface area contributed by atoms with Crippen molar-refractivity contribution in [3.05, 3.63) is 21.5 Å². The zero-order chi connectivity index (χ0) is 11.8. The van der Waals surface area contributed by atoms with E-state index in [4.69, 9.17) is 5.73 Å². The molecule has 1 unspecified atom stereocenters. The summed E-state index contributed by atoms with van der Waals surface area (Å²) in [7, 11) is 0. The van der Waals surface area contributed by atoms with E-state index in [1.54, 1.807) is 0 Å². The van der Waals surface area contributed by atoms with Gasteiger partial charge in [-0.25, -0.2) is 0 Å². The van der Waals surface area contributed by atoms with Crippen molar-refractivity contribution in [3.8, 4) is 0 Å². The van der Waals surface area contributed by atoms with E-state index < -0.39 is 0 Å². The van der Waals surface area contributed by atoms with Crippen molar-refractivity contribution in [2.75, 3.05) is 6.54 Å². The molecule has 0 aliphatic heterocycles. The summed E-state index contributed by atoms with van der Waals surface area (Å²) in [6.07, 6.45) is 4.14. The summed E-state index contributed by atoms with van der Waals surface area (Å²) in [5.41, 5.74) is 6.10. The Kier molecular flexibility index (Phi) is 3.25. The molecule has 1 saturated carbocycles. The third-order valence-corrected chi connectivity index (χ3v) is 3.82. The van der Waals surface area contributed by atoms with Gasteiger partial charge in [0.1, 0.15) is 5.69 Å². The molecule has 1 aromatic heterocycles. The molecule has 1 amide bonds. The zero-order valence-corrected chi connectivity index (χ0v) is 11.4. The van der Waals surface area contributed by atoms with Gasteiger partial charge in [-0.15, -0.1) is 0 Å². The number of aromatic nitrogens is 1. The van der Waals surface area contributed by atoms with Crippen molar-refractivity contribution < 1.29 is 4.79 Å². The Morgan fingerprint density at radius 2 is 2.44 bits per heavy atom. The van der Waals surface area contributed by atoms with E-state index in [1.807, 2.05) is 19.2 Å². The van der Waals surface area contributed by atoms with E-state index in [0.29, 0.717) is 18.2 Å². The summed E-state index contributed by atoms with van der Waals surface area (Å²) >= 11 is 2.17. The number of aromatic amines is 1. The molecule has 1 heterocycles. The van der Waals surface area contributed by atoms with Crippen LogP contribution in [-0.4, -0.2) is 23.0 Å².